The number of imide groups is 1. The lowest BCUT2D eigenvalue weighted by atomic mass is 9.96. The second-order valence-electron chi connectivity index (χ2n) is 8.54. The lowest BCUT2D eigenvalue weighted by Gasteiger charge is -2.26. The van der Waals surface area contributed by atoms with Crippen LogP contribution in [-0.2, 0) is 4.79 Å². The molecule has 0 aromatic heterocycles. The summed E-state index contributed by atoms with van der Waals surface area (Å²) in [7, 11) is 0. The summed E-state index contributed by atoms with van der Waals surface area (Å²) in [6.07, 6.45) is 0. The van der Waals surface area contributed by atoms with Crippen molar-refractivity contribution in [1.29, 1.82) is 0 Å². The molecular formula is C30H24N2O3. The fraction of sp³-hybridized carbons (Fsp3) is 0.100. The van der Waals surface area contributed by atoms with Gasteiger partial charge in [-0.2, -0.15) is 0 Å². The first-order chi connectivity index (χ1) is 17.0. The second-order valence-corrected chi connectivity index (χ2v) is 8.54. The molecule has 5 heteroatoms. The summed E-state index contributed by atoms with van der Waals surface area (Å²) in [5, 5.41) is 3.07. The number of fused-ring (bicyclic) bond motifs is 1. The van der Waals surface area contributed by atoms with Gasteiger partial charge in [0.25, 0.3) is 11.8 Å². The summed E-state index contributed by atoms with van der Waals surface area (Å²) in [5.74, 6) is -1.30. The van der Waals surface area contributed by atoms with Gasteiger partial charge in [-0.1, -0.05) is 97.1 Å². The topological polar surface area (TPSA) is 66.5 Å². The molecule has 0 aliphatic carbocycles. The molecule has 4 aromatic carbocycles. The van der Waals surface area contributed by atoms with Gasteiger partial charge in [-0.05, 0) is 41.3 Å². The third-order valence-corrected chi connectivity index (χ3v) is 6.36. The largest absolute Gasteiger partial charge is 0.343 e. The molecule has 5 rings (SSSR count). The van der Waals surface area contributed by atoms with Crippen LogP contribution in [0.2, 0.25) is 0 Å². The van der Waals surface area contributed by atoms with E-state index < -0.39 is 29.8 Å². The van der Waals surface area contributed by atoms with Crippen molar-refractivity contribution >= 4 is 17.7 Å². The van der Waals surface area contributed by atoms with Gasteiger partial charge in [0.1, 0.15) is 6.04 Å². The molecule has 1 N–H and O–H groups in total. The van der Waals surface area contributed by atoms with E-state index in [0.717, 1.165) is 27.2 Å². The second kappa shape index (κ2) is 9.39. The van der Waals surface area contributed by atoms with Crippen molar-refractivity contribution in [2.75, 3.05) is 0 Å². The van der Waals surface area contributed by atoms with Crippen LogP contribution in [0.4, 0.5) is 0 Å². The first-order valence-electron chi connectivity index (χ1n) is 11.5. The van der Waals surface area contributed by atoms with Crippen LogP contribution in [0.5, 0.6) is 0 Å². The number of benzene rings is 4. The first kappa shape index (κ1) is 22.3. The van der Waals surface area contributed by atoms with Gasteiger partial charge in [0, 0.05) is 0 Å². The average molecular weight is 461 g/mol. The molecule has 0 saturated carbocycles. The fourth-order valence-corrected chi connectivity index (χ4v) is 4.44. The normalized spacial score (nSPS) is 14.4. The lowest BCUT2D eigenvalue weighted by molar-refractivity contribution is -0.125. The van der Waals surface area contributed by atoms with Crippen molar-refractivity contribution in [2.45, 2.75) is 19.0 Å². The van der Waals surface area contributed by atoms with Crippen molar-refractivity contribution in [3.63, 3.8) is 0 Å². The van der Waals surface area contributed by atoms with Crippen LogP contribution in [0, 0.1) is 0 Å². The summed E-state index contributed by atoms with van der Waals surface area (Å²) in [6, 6.07) is 33.0. The van der Waals surface area contributed by atoms with Crippen molar-refractivity contribution in [3.05, 3.63) is 131 Å². The molecule has 2 atom stereocenters. The van der Waals surface area contributed by atoms with Crippen LogP contribution in [0.15, 0.2) is 109 Å². The van der Waals surface area contributed by atoms with Crippen LogP contribution in [0.3, 0.4) is 0 Å². The molecule has 1 aliphatic heterocycles. The van der Waals surface area contributed by atoms with E-state index >= 15 is 0 Å². The van der Waals surface area contributed by atoms with Crippen LogP contribution in [0.1, 0.15) is 44.8 Å². The molecule has 0 saturated heterocycles. The summed E-state index contributed by atoms with van der Waals surface area (Å²) in [6.45, 7) is 1.58. The number of hydrogen-bond donors (Lipinski definition) is 1. The Balaban J connectivity index is 1.41. The molecule has 4 aromatic rings. The summed E-state index contributed by atoms with van der Waals surface area (Å²) >= 11 is 0. The maximum absolute atomic E-state index is 13.4. The highest BCUT2D eigenvalue weighted by Crippen LogP contribution is 2.28. The Bertz CT molecular complexity index is 1350. The first-order valence-corrected chi connectivity index (χ1v) is 11.5. The Morgan fingerprint density at radius 1 is 0.629 bits per heavy atom. The van der Waals surface area contributed by atoms with E-state index in [1.165, 1.54) is 0 Å². The van der Waals surface area contributed by atoms with E-state index in [1.54, 1.807) is 31.2 Å². The van der Waals surface area contributed by atoms with Gasteiger partial charge in [-0.15, -0.1) is 0 Å². The van der Waals surface area contributed by atoms with E-state index in [0.29, 0.717) is 11.1 Å². The Kier molecular flexibility index (Phi) is 5.98. The molecule has 1 aliphatic rings. The molecule has 0 spiro atoms. The van der Waals surface area contributed by atoms with E-state index in [2.05, 4.69) is 17.4 Å². The standard InChI is InChI=1S/C30H24N2O3/c1-20(32-29(34)25-14-8-9-15-26(25)30(32)35)28(33)31-27(23-12-6-3-7-13-23)24-18-16-22(17-19-24)21-10-4-2-5-11-21/h2-20,27H,1H3,(H,31,33)/t20-,27-/m0/s1. The van der Waals surface area contributed by atoms with Gasteiger partial charge in [-0.3, -0.25) is 19.3 Å². The Morgan fingerprint density at radius 2 is 1.09 bits per heavy atom. The SMILES string of the molecule is C[C@@H](C(=O)N[C@@H](c1ccccc1)c1ccc(-c2ccccc2)cc1)N1C(=O)c2ccccc2C1=O. The third kappa shape index (κ3) is 4.24. The van der Waals surface area contributed by atoms with Gasteiger partial charge >= 0.3 is 0 Å². The molecular weight excluding hydrogens is 436 g/mol. The highest BCUT2D eigenvalue weighted by molar-refractivity contribution is 6.22. The summed E-state index contributed by atoms with van der Waals surface area (Å²) < 4.78 is 0. The Hall–Kier alpha value is -4.51. The van der Waals surface area contributed by atoms with Crippen LogP contribution >= 0.6 is 0 Å². The van der Waals surface area contributed by atoms with Gasteiger partial charge in [-0.25, -0.2) is 0 Å². The average Bonchev–Trinajstić information content (AvgIpc) is 3.17. The highest BCUT2D eigenvalue weighted by atomic mass is 16.2. The zero-order valence-electron chi connectivity index (χ0n) is 19.2. The molecule has 35 heavy (non-hydrogen) atoms. The van der Waals surface area contributed by atoms with Crippen molar-refractivity contribution < 1.29 is 14.4 Å². The van der Waals surface area contributed by atoms with E-state index in [-0.39, 0.29) is 0 Å². The molecule has 1 heterocycles. The molecule has 172 valence electrons. The zero-order valence-corrected chi connectivity index (χ0v) is 19.2. The lowest BCUT2D eigenvalue weighted by Crippen LogP contribution is -2.48. The number of nitrogens with one attached hydrogen (secondary N) is 1. The van der Waals surface area contributed by atoms with E-state index in [4.69, 9.17) is 0 Å². The minimum absolute atomic E-state index is 0.327. The quantitative estimate of drug-likeness (QED) is 0.400. The minimum Gasteiger partial charge on any atom is -0.343 e. The number of carbonyl (C=O) groups excluding carboxylic acids is 3. The maximum atomic E-state index is 13.4. The predicted octanol–water partition coefficient (Wildman–Crippen LogP) is 5.24. The number of rotatable bonds is 6. The van der Waals surface area contributed by atoms with E-state index in [1.807, 2.05) is 72.8 Å². The predicted molar refractivity (Wildman–Crippen MR) is 135 cm³/mol. The van der Waals surface area contributed by atoms with Crippen LogP contribution < -0.4 is 5.32 Å². The molecule has 0 unspecified atom stereocenters. The fourth-order valence-electron chi connectivity index (χ4n) is 4.44. The highest BCUT2D eigenvalue weighted by Gasteiger charge is 2.41. The summed E-state index contributed by atoms with van der Waals surface area (Å²) in [4.78, 5) is 40.2. The molecule has 3 amide bonds. The van der Waals surface area contributed by atoms with Crippen molar-refractivity contribution in [2.24, 2.45) is 0 Å². The molecule has 5 nitrogen and oxygen atoms in total. The Morgan fingerprint density at radius 3 is 1.66 bits per heavy atom. The number of hydrogen-bond acceptors (Lipinski definition) is 3. The third-order valence-electron chi connectivity index (χ3n) is 6.36. The maximum Gasteiger partial charge on any atom is 0.262 e. The minimum atomic E-state index is -0.961. The van der Waals surface area contributed by atoms with Crippen LogP contribution in [-0.4, -0.2) is 28.7 Å². The van der Waals surface area contributed by atoms with Gasteiger partial charge in [0.05, 0.1) is 17.2 Å². The molecule has 0 bridgehead atoms. The van der Waals surface area contributed by atoms with Gasteiger partial charge < -0.3 is 5.32 Å². The van der Waals surface area contributed by atoms with E-state index in [9.17, 15) is 14.4 Å². The van der Waals surface area contributed by atoms with Crippen LogP contribution in [0.25, 0.3) is 11.1 Å². The van der Waals surface area contributed by atoms with Gasteiger partial charge in [0.2, 0.25) is 5.91 Å². The molecule has 0 radical (unpaired) electrons. The smallest absolute Gasteiger partial charge is 0.262 e. The number of amides is 3. The van der Waals surface area contributed by atoms with Crippen molar-refractivity contribution in [3.8, 4) is 11.1 Å². The Labute approximate surface area is 204 Å². The zero-order chi connectivity index (χ0) is 24.4. The van der Waals surface area contributed by atoms with Gasteiger partial charge in [0.15, 0.2) is 0 Å². The summed E-state index contributed by atoms with van der Waals surface area (Å²) in [5.41, 5.74) is 4.65. The number of nitrogens with zero attached hydrogens (tertiary/aromatic N) is 1. The number of carbonyl (C=O) groups is 3. The monoisotopic (exact) mass is 460 g/mol. The molecule has 0 fully saturated rings. The van der Waals surface area contributed by atoms with Crippen molar-refractivity contribution in [1.82, 2.24) is 10.2 Å².